The van der Waals surface area contributed by atoms with Crippen LogP contribution >= 0.6 is 0 Å². The smallest absolute Gasteiger partial charge is 0.225 e. The number of nitriles is 1. The van der Waals surface area contributed by atoms with Gasteiger partial charge in [-0.15, -0.1) is 0 Å². The molecule has 0 bridgehead atoms. The first kappa shape index (κ1) is 18.6. The lowest BCUT2D eigenvalue weighted by atomic mass is 9.95. The van der Waals surface area contributed by atoms with Crippen molar-refractivity contribution >= 4 is 23.2 Å². The van der Waals surface area contributed by atoms with Crippen molar-refractivity contribution in [3.63, 3.8) is 0 Å². The molecule has 3 fully saturated rings. The van der Waals surface area contributed by atoms with Crippen LogP contribution in [0.2, 0.25) is 0 Å². The number of hydrogen-bond acceptors (Lipinski definition) is 4. The average molecular weight is 411 g/mol. The number of fused-ring (bicyclic) bond motifs is 1. The Morgan fingerprint density at radius 3 is 2.45 bits per heavy atom. The normalized spacial score (nSPS) is 21.3. The lowest BCUT2D eigenvalue weighted by Gasteiger charge is -2.37. The largest absolute Gasteiger partial charge is 0.367 e. The summed E-state index contributed by atoms with van der Waals surface area (Å²) in [5.74, 6) is 0.658. The van der Waals surface area contributed by atoms with Gasteiger partial charge in [0, 0.05) is 56.0 Å². The minimum absolute atomic E-state index is 0.233. The molecule has 5 heteroatoms. The second-order valence-corrected chi connectivity index (χ2v) is 9.39. The molecular weight excluding hydrogens is 384 g/mol. The van der Waals surface area contributed by atoms with Crippen molar-refractivity contribution in [1.29, 1.82) is 5.26 Å². The molecule has 1 aliphatic heterocycles. The maximum absolute atomic E-state index is 12.4. The van der Waals surface area contributed by atoms with Crippen molar-refractivity contribution in [3.8, 4) is 6.07 Å². The third-order valence-electron chi connectivity index (χ3n) is 7.36. The van der Waals surface area contributed by atoms with E-state index < -0.39 is 0 Å². The summed E-state index contributed by atoms with van der Waals surface area (Å²) in [6.07, 6.45) is 9.14. The summed E-state index contributed by atoms with van der Waals surface area (Å²) in [5, 5.41) is 9.44. The Labute approximate surface area is 183 Å². The molecule has 2 aromatic rings. The van der Waals surface area contributed by atoms with Crippen LogP contribution in [0, 0.1) is 17.2 Å². The van der Waals surface area contributed by atoms with Crippen LogP contribution in [-0.2, 0) is 16.6 Å². The Kier molecular flexibility index (Phi) is 4.17. The molecule has 3 aliphatic carbocycles. The zero-order chi connectivity index (χ0) is 21.0. The number of nitrogens with zero attached hydrogens (tertiary/aromatic N) is 4. The van der Waals surface area contributed by atoms with E-state index >= 15 is 0 Å². The number of anilines is 1. The first-order valence-electron chi connectivity index (χ1n) is 11.4. The molecule has 5 nitrogen and oxygen atoms in total. The number of benzene rings is 1. The van der Waals surface area contributed by atoms with Crippen molar-refractivity contribution in [2.24, 2.45) is 5.92 Å². The molecular formula is C26H26N4O. The average Bonchev–Trinajstić information content (AvgIpc) is 3.75. The molecule has 1 amide bonds. The first-order chi connectivity index (χ1) is 15.2. The fraction of sp³-hybridized carbons (Fsp3) is 0.423. The van der Waals surface area contributed by atoms with Gasteiger partial charge < -0.3 is 9.80 Å². The molecule has 6 rings (SSSR count). The van der Waals surface area contributed by atoms with Crippen LogP contribution in [0.3, 0.4) is 0 Å². The Morgan fingerprint density at radius 1 is 1.06 bits per heavy atom. The fourth-order valence-corrected chi connectivity index (χ4v) is 5.02. The number of pyridine rings is 1. The summed E-state index contributed by atoms with van der Waals surface area (Å²) >= 11 is 0. The van der Waals surface area contributed by atoms with Crippen LogP contribution < -0.4 is 4.90 Å². The molecule has 0 N–H and O–H groups in total. The highest BCUT2D eigenvalue weighted by atomic mass is 16.2. The lowest BCUT2D eigenvalue weighted by molar-refractivity contribution is -0.132. The van der Waals surface area contributed by atoms with Crippen LogP contribution in [0.1, 0.15) is 48.1 Å². The Hall–Kier alpha value is -3.13. The second kappa shape index (κ2) is 6.95. The second-order valence-electron chi connectivity index (χ2n) is 9.39. The van der Waals surface area contributed by atoms with E-state index in [9.17, 15) is 10.1 Å². The van der Waals surface area contributed by atoms with Crippen molar-refractivity contribution in [3.05, 3.63) is 58.9 Å². The van der Waals surface area contributed by atoms with Crippen LogP contribution in [0.25, 0.3) is 11.6 Å². The van der Waals surface area contributed by atoms with Gasteiger partial charge in [-0.3, -0.25) is 9.78 Å². The molecule has 156 valence electrons. The molecule has 0 spiro atoms. The van der Waals surface area contributed by atoms with Gasteiger partial charge in [-0.05, 0) is 54.5 Å². The van der Waals surface area contributed by atoms with E-state index in [0.29, 0.717) is 11.8 Å². The van der Waals surface area contributed by atoms with Crippen LogP contribution in [0.4, 0.5) is 5.69 Å². The van der Waals surface area contributed by atoms with Crippen molar-refractivity contribution in [1.82, 2.24) is 9.88 Å². The molecule has 31 heavy (non-hydrogen) atoms. The molecule has 2 saturated carbocycles. The Bertz CT molecular complexity index is 1110. The quantitative estimate of drug-likeness (QED) is 0.769. The van der Waals surface area contributed by atoms with Gasteiger partial charge in [0.2, 0.25) is 5.91 Å². The topological polar surface area (TPSA) is 60.2 Å². The number of carbonyl (C=O) groups excluding carboxylic acids is 1. The van der Waals surface area contributed by atoms with Gasteiger partial charge in [0.1, 0.15) is 0 Å². The fourth-order valence-electron chi connectivity index (χ4n) is 5.02. The standard InChI is InChI=1S/C26H26N4O/c27-17-26(8-9-26)21-5-3-18(4-6-21)20-15-22-23(16-20)28-10-7-24(22)29-11-13-30(14-12-29)25(31)19-1-2-19/h3-7,10,15,19H,1-2,8-9,11-14,16H2. The predicted molar refractivity (Wildman–Crippen MR) is 120 cm³/mol. The number of rotatable bonds is 4. The summed E-state index contributed by atoms with van der Waals surface area (Å²) in [6.45, 7) is 3.38. The summed E-state index contributed by atoms with van der Waals surface area (Å²) in [5.41, 5.74) is 6.99. The highest BCUT2D eigenvalue weighted by Crippen LogP contribution is 2.48. The van der Waals surface area contributed by atoms with E-state index in [4.69, 9.17) is 0 Å². The maximum Gasteiger partial charge on any atom is 0.225 e. The molecule has 1 saturated heterocycles. The highest BCUT2D eigenvalue weighted by Gasteiger charge is 2.44. The molecule has 0 unspecified atom stereocenters. The number of amides is 1. The number of allylic oxidation sites excluding steroid dienone is 1. The van der Waals surface area contributed by atoms with Gasteiger partial charge >= 0.3 is 0 Å². The molecule has 0 atom stereocenters. The molecule has 1 aromatic carbocycles. The zero-order valence-electron chi connectivity index (χ0n) is 17.7. The van der Waals surface area contributed by atoms with Crippen molar-refractivity contribution < 1.29 is 4.79 Å². The Morgan fingerprint density at radius 2 is 1.81 bits per heavy atom. The van der Waals surface area contributed by atoms with Gasteiger partial charge in [-0.2, -0.15) is 5.26 Å². The molecule has 1 aromatic heterocycles. The predicted octanol–water partition coefficient (Wildman–Crippen LogP) is 3.79. The van der Waals surface area contributed by atoms with E-state index in [-0.39, 0.29) is 5.41 Å². The van der Waals surface area contributed by atoms with Gasteiger partial charge in [-0.25, -0.2) is 0 Å². The maximum atomic E-state index is 12.4. The highest BCUT2D eigenvalue weighted by molar-refractivity contribution is 5.92. The SMILES string of the molecule is N#CC1(c2ccc(C3=Cc4c(N5CCN(C(=O)C6CC6)CC5)ccnc4C3)cc2)CC1. The number of aromatic nitrogens is 1. The zero-order valence-corrected chi connectivity index (χ0v) is 17.7. The minimum atomic E-state index is -0.233. The third kappa shape index (κ3) is 3.22. The summed E-state index contributed by atoms with van der Waals surface area (Å²) in [7, 11) is 0. The summed E-state index contributed by atoms with van der Waals surface area (Å²) in [4.78, 5) is 21.5. The van der Waals surface area contributed by atoms with Gasteiger partial charge in [0.15, 0.2) is 0 Å². The van der Waals surface area contributed by atoms with Crippen molar-refractivity contribution in [2.45, 2.75) is 37.5 Å². The third-order valence-corrected chi connectivity index (χ3v) is 7.36. The van der Waals surface area contributed by atoms with Crippen molar-refractivity contribution in [2.75, 3.05) is 31.1 Å². The van der Waals surface area contributed by atoms with E-state index in [1.54, 1.807) is 0 Å². The lowest BCUT2D eigenvalue weighted by Crippen LogP contribution is -2.49. The first-order valence-corrected chi connectivity index (χ1v) is 11.4. The van der Waals surface area contributed by atoms with E-state index in [1.165, 1.54) is 22.4 Å². The molecule has 0 radical (unpaired) electrons. The Balaban J connectivity index is 1.21. The monoisotopic (exact) mass is 410 g/mol. The summed E-state index contributed by atoms with van der Waals surface area (Å²) in [6, 6.07) is 13.2. The van der Waals surface area contributed by atoms with Crippen LogP contribution in [-0.4, -0.2) is 42.0 Å². The van der Waals surface area contributed by atoms with Gasteiger partial charge in [0.05, 0.1) is 17.2 Å². The van der Waals surface area contributed by atoms with E-state index in [2.05, 4.69) is 52.4 Å². The van der Waals surface area contributed by atoms with E-state index in [1.807, 2.05) is 11.1 Å². The van der Waals surface area contributed by atoms with Crippen LogP contribution in [0.5, 0.6) is 0 Å². The molecule has 4 aliphatic rings. The number of hydrogen-bond donors (Lipinski definition) is 0. The van der Waals surface area contributed by atoms with Gasteiger partial charge in [0.25, 0.3) is 0 Å². The minimum Gasteiger partial charge on any atom is -0.367 e. The number of carbonyl (C=O) groups is 1. The number of piperazine rings is 1. The van der Waals surface area contributed by atoms with Gasteiger partial charge in [-0.1, -0.05) is 24.3 Å². The summed E-state index contributed by atoms with van der Waals surface area (Å²) < 4.78 is 0. The van der Waals surface area contributed by atoms with E-state index in [0.717, 1.165) is 69.5 Å². The van der Waals surface area contributed by atoms with Crippen LogP contribution in [0.15, 0.2) is 36.5 Å². The molecule has 2 heterocycles.